The topological polar surface area (TPSA) is 40.5 Å². The lowest BCUT2D eigenvalue weighted by Crippen LogP contribution is -2.49. The van der Waals surface area contributed by atoms with E-state index in [2.05, 4.69) is 62.9 Å². The maximum atomic E-state index is 11.0. The molecule has 1 aliphatic heterocycles. The van der Waals surface area contributed by atoms with Crippen LogP contribution in [-0.2, 0) is 17.8 Å². The van der Waals surface area contributed by atoms with Crippen molar-refractivity contribution in [2.24, 2.45) is 5.92 Å². The first kappa shape index (κ1) is 20.9. The zero-order valence-corrected chi connectivity index (χ0v) is 18.0. The monoisotopic (exact) mass is 399 g/mol. The summed E-state index contributed by atoms with van der Waals surface area (Å²) in [6.45, 7) is 10.7. The number of nitrogens with zero attached hydrogens (tertiary/aromatic N) is 1. The zero-order chi connectivity index (χ0) is 20.4. The lowest BCUT2D eigenvalue weighted by atomic mass is 9.87. The molecule has 3 rings (SSSR count). The molecule has 1 atom stereocenters. The first-order valence-corrected chi connectivity index (χ1v) is 10.5. The SMILES string of the molecule is CC[C@@H](Cc1ccc(C)c(CN2CC(C(=O)O)C2)c1)c1cc(C)c(Cl)c(C)c1. The molecule has 0 spiro atoms. The highest BCUT2D eigenvalue weighted by molar-refractivity contribution is 6.32. The minimum atomic E-state index is -0.680. The summed E-state index contributed by atoms with van der Waals surface area (Å²) in [6, 6.07) is 11.2. The Morgan fingerprint density at radius 3 is 2.36 bits per heavy atom. The molecule has 150 valence electrons. The van der Waals surface area contributed by atoms with Gasteiger partial charge in [0.25, 0.3) is 0 Å². The predicted octanol–water partition coefficient (Wildman–Crippen LogP) is 5.52. The highest BCUT2D eigenvalue weighted by Crippen LogP contribution is 2.31. The van der Waals surface area contributed by atoms with E-state index in [1.807, 2.05) is 0 Å². The predicted molar refractivity (Wildman–Crippen MR) is 115 cm³/mol. The fourth-order valence-corrected chi connectivity index (χ4v) is 4.22. The number of carbonyl (C=O) groups is 1. The van der Waals surface area contributed by atoms with E-state index in [0.29, 0.717) is 19.0 Å². The first-order chi connectivity index (χ1) is 13.3. The minimum absolute atomic E-state index is 0.204. The third kappa shape index (κ3) is 4.59. The largest absolute Gasteiger partial charge is 0.481 e. The molecule has 0 unspecified atom stereocenters. The van der Waals surface area contributed by atoms with Crippen molar-refractivity contribution in [2.75, 3.05) is 13.1 Å². The van der Waals surface area contributed by atoms with Crippen molar-refractivity contribution < 1.29 is 9.90 Å². The van der Waals surface area contributed by atoms with Crippen LogP contribution in [0.1, 0.15) is 52.6 Å². The molecule has 4 heteroatoms. The average Bonchev–Trinajstić information content (AvgIpc) is 2.61. The number of likely N-dealkylation sites (tertiary alicyclic amines) is 1. The normalized spacial score (nSPS) is 16.0. The number of carboxylic acids is 1. The smallest absolute Gasteiger partial charge is 0.309 e. The summed E-state index contributed by atoms with van der Waals surface area (Å²) in [5, 5.41) is 9.94. The van der Waals surface area contributed by atoms with Gasteiger partial charge in [0.2, 0.25) is 0 Å². The molecule has 0 aromatic heterocycles. The van der Waals surface area contributed by atoms with Crippen molar-refractivity contribution in [1.82, 2.24) is 4.90 Å². The highest BCUT2D eigenvalue weighted by Gasteiger charge is 2.32. The van der Waals surface area contributed by atoms with Gasteiger partial charge in [0.1, 0.15) is 0 Å². The van der Waals surface area contributed by atoms with Crippen LogP contribution < -0.4 is 0 Å². The molecule has 1 saturated heterocycles. The lowest BCUT2D eigenvalue weighted by Gasteiger charge is -2.37. The van der Waals surface area contributed by atoms with Crippen LogP contribution in [0.2, 0.25) is 5.02 Å². The van der Waals surface area contributed by atoms with Gasteiger partial charge in [-0.25, -0.2) is 0 Å². The van der Waals surface area contributed by atoms with E-state index in [-0.39, 0.29) is 5.92 Å². The fraction of sp³-hybridized carbons (Fsp3) is 0.458. The van der Waals surface area contributed by atoms with Gasteiger partial charge in [0.05, 0.1) is 5.92 Å². The van der Waals surface area contributed by atoms with Crippen molar-refractivity contribution >= 4 is 17.6 Å². The molecule has 0 bridgehead atoms. The van der Waals surface area contributed by atoms with Gasteiger partial charge >= 0.3 is 5.97 Å². The standard InChI is InChI=1S/C24H30ClNO2/c1-5-19(20-8-16(3)23(25)17(4)9-20)10-18-7-6-15(2)21(11-18)12-26-13-22(14-26)24(27)28/h6-9,11,19,22H,5,10,12-14H2,1-4H3,(H,27,28)/t19-/m0/s1. The fourth-order valence-electron chi connectivity index (χ4n) is 4.12. The van der Waals surface area contributed by atoms with E-state index in [9.17, 15) is 4.79 Å². The number of aliphatic carboxylic acids is 1. The molecule has 2 aromatic carbocycles. The molecule has 1 aliphatic rings. The van der Waals surface area contributed by atoms with Gasteiger partial charge in [-0.1, -0.05) is 48.9 Å². The summed E-state index contributed by atoms with van der Waals surface area (Å²) in [5.74, 6) is -0.420. The second-order valence-corrected chi connectivity index (χ2v) is 8.65. The van der Waals surface area contributed by atoms with Gasteiger partial charge in [-0.2, -0.15) is 0 Å². The second-order valence-electron chi connectivity index (χ2n) is 8.27. The van der Waals surface area contributed by atoms with Crippen molar-refractivity contribution in [1.29, 1.82) is 0 Å². The van der Waals surface area contributed by atoms with Gasteiger partial charge in [-0.15, -0.1) is 0 Å². The van der Waals surface area contributed by atoms with Crippen LogP contribution in [0.15, 0.2) is 30.3 Å². The van der Waals surface area contributed by atoms with E-state index in [0.717, 1.165) is 35.5 Å². The molecule has 1 fully saturated rings. The Labute approximate surface area is 173 Å². The number of rotatable bonds is 7. The van der Waals surface area contributed by atoms with Crippen molar-refractivity contribution in [3.63, 3.8) is 0 Å². The lowest BCUT2D eigenvalue weighted by molar-refractivity contribution is -0.147. The van der Waals surface area contributed by atoms with Gasteiger partial charge in [0, 0.05) is 24.7 Å². The van der Waals surface area contributed by atoms with E-state index < -0.39 is 5.97 Å². The van der Waals surface area contributed by atoms with Gasteiger partial charge in [-0.3, -0.25) is 9.69 Å². The summed E-state index contributed by atoms with van der Waals surface area (Å²) >= 11 is 6.35. The van der Waals surface area contributed by atoms with E-state index >= 15 is 0 Å². The number of halogens is 1. The third-order valence-corrected chi connectivity index (χ3v) is 6.62. The van der Waals surface area contributed by atoms with Gasteiger partial charge in [0.15, 0.2) is 0 Å². The van der Waals surface area contributed by atoms with Gasteiger partial charge in [-0.05, 0) is 72.9 Å². The highest BCUT2D eigenvalue weighted by atomic mass is 35.5. The number of hydrogen-bond acceptors (Lipinski definition) is 2. The molecule has 2 aromatic rings. The molecule has 28 heavy (non-hydrogen) atoms. The number of benzene rings is 2. The molecule has 0 aliphatic carbocycles. The summed E-state index contributed by atoms with van der Waals surface area (Å²) in [5.41, 5.74) is 7.56. The maximum absolute atomic E-state index is 11.0. The van der Waals surface area contributed by atoms with Crippen LogP contribution in [0.3, 0.4) is 0 Å². The van der Waals surface area contributed by atoms with Crippen LogP contribution in [0.5, 0.6) is 0 Å². The number of aryl methyl sites for hydroxylation is 3. The quantitative estimate of drug-likeness (QED) is 0.666. The van der Waals surface area contributed by atoms with Crippen LogP contribution in [0.25, 0.3) is 0 Å². The maximum Gasteiger partial charge on any atom is 0.309 e. The van der Waals surface area contributed by atoms with Crippen LogP contribution >= 0.6 is 11.6 Å². The van der Waals surface area contributed by atoms with Crippen LogP contribution in [0.4, 0.5) is 0 Å². The Bertz CT molecular complexity index is 848. The number of carboxylic acid groups (broad SMARTS) is 1. The molecule has 0 amide bonds. The molecule has 0 radical (unpaired) electrons. The third-order valence-electron chi connectivity index (χ3n) is 6.02. The Morgan fingerprint density at radius 1 is 1.14 bits per heavy atom. The second kappa shape index (κ2) is 8.67. The molecule has 1 N–H and O–H groups in total. The van der Waals surface area contributed by atoms with Crippen molar-refractivity contribution in [3.05, 3.63) is 68.7 Å². The Balaban J connectivity index is 1.74. The van der Waals surface area contributed by atoms with E-state index in [4.69, 9.17) is 16.7 Å². The van der Waals surface area contributed by atoms with E-state index in [1.165, 1.54) is 22.3 Å². The Kier molecular flexibility index (Phi) is 6.47. The van der Waals surface area contributed by atoms with E-state index in [1.54, 1.807) is 0 Å². The van der Waals surface area contributed by atoms with Crippen molar-refractivity contribution in [2.45, 2.75) is 53.0 Å². The zero-order valence-electron chi connectivity index (χ0n) is 17.3. The molecule has 0 saturated carbocycles. The summed E-state index contributed by atoms with van der Waals surface area (Å²) in [4.78, 5) is 13.2. The van der Waals surface area contributed by atoms with Gasteiger partial charge < -0.3 is 5.11 Å². The first-order valence-electron chi connectivity index (χ1n) is 10.1. The van der Waals surface area contributed by atoms with Crippen LogP contribution in [0, 0.1) is 26.7 Å². The van der Waals surface area contributed by atoms with Crippen molar-refractivity contribution in [3.8, 4) is 0 Å². The summed E-state index contributed by atoms with van der Waals surface area (Å²) in [6.07, 6.45) is 2.08. The number of hydrogen-bond donors (Lipinski definition) is 1. The molecule has 3 nitrogen and oxygen atoms in total. The summed E-state index contributed by atoms with van der Waals surface area (Å²) < 4.78 is 0. The Morgan fingerprint density at radius 2 is 1.79 bits per heavy atom. The van der Waals surface area contributed by atoms with Crippen LogP contribution in [-0.4, -0.2) is 29.1 Å². The summed E-state index contributed by atoms with van der Waals surface area (Å²) in [7, 11) is 0. The molecule has 1 heterocycles. The Hall–Kier alpha value is -1.84. The minimum Gasteiger partial charge on any atom is -0.481 e. The molecular formula is C24H30ClNO2. The average molecular weight is 400 g/mol. The molecular weight excluding hydrogens is 370 g/mol.